The molecule has 7 heteroatoms. The molecule has 0 amide bonds. The zero-order valence-electron chi connectivity index (χ0n) is 8.14. The van der Waals surface area contributed by atoms with Gasteiger partial charge in [-0.1, -0.05) is 11.6 Å². The lowest BCUT2D eigenvalue weighted by Gasteiger charge is -2.06. The van der Waals surface area contributed by atoms with Crippen LogP contribution >= 0.6 is 11.6 Å². The molecule has 0 aromatic carbocycles. The van der Waals surface area contributed by atoms with E-state index in [0.29, 0.717) is 6.07 Å². The predicted octanol–water partition coefficient (Wildman–Crippen LogP) is 2.53. The highest BCUT2D eigenvalue weighted by molar-refractivity contribution is 6.31. The van der Waals surface area contributed by atoms with Gasteiger partial charge in [-0.25, -0.2) is 18.2 Å². The lowest BCUT2D eigenvalue weighted by Crippen LogP contribution is -2.10. The first-order valence-corrected chi connectivity index (χ1v) is 4.53. The maximum atomic E-state index is 13.2. The third-order valence-electron chi connectivity index (χ3n) is 1.78. The number of rotatable bonds is 3. The van der Waals surface area contributed by atoms with Crippen molar-refractivity contribution in [2.24, 2.45) is 0 Å². The monoisotopic (exact) mass is 253 g/mol. The van der Waals surface area contributed by atoms with Gasteiger partial charge in [0.05, 0.1) is 24.2 Å². The highest BCUT2D eigenvalue weighted by Gasteiger charge is 2.19. The predicted molar refractivity (Wildman–Crippen MR) is 49.9 cm³/mol. The molecule has 0 saturated carbocycles. The van der Waals surface area contributed by atoms with Gasteiger partial charge in [0.15, 0.2) is 0 Å². The minimum atomic E-state index is -2.93. The lowest BCUT2D eigenvalue weighted by atomic mass is 10.2. The van der Waals surface area contributed by atoms with Crippen molar-refractivity contribution < 1.29 is 22.7 Å². The molecular formula is C9H7ClF3NO2. The van der Waals surface area contributed by atoms with Crippen LogP contribution in [0.2, 0.25) is 5.02 Å². The average Bonchev–Trinajstić information content (AvgIpc) is 2.21. The summed E-state index contributed by atoms with van der Waals surface area (Å²) in [7, 11) is 1.10. The van der Waals surface area contributed by atoms with E-state index in [1.165, 1.54) is 0 Å². The topological polar surface area (TPSA) is 39.2 Å². The number of esters is 1. The Hall–Kier alpha value is -1.30. The van der Waals surface area contributed by atoms with Gasteiger partial charge in [0.1, 0.15) is 11.5 Å². The highest BCUT2D eigenvalue weighted by atomic mass is 35.5. The van der Waals surface area contributed by atoms with E-state index in [1.54, 1.807) is 0 Å². The molecule has 0 fully saturated rings. The average molecular weight is 254 g/mol. The van der Waals surface area contributed by atoms with E-state index >= 15 is 0 Å². The van der Waals surface area contributed by atoms with Gasteiger partial charge in [-0.05, 0) is 6.07 Å². The molecule has 0 radical (unpaired) electrons. The number of carbonyl (C=O) groups excluding carboxylic acids is 1. The van der Waals surface area contributed by atoms with E-state index in [-0.39, 0.29) is 0 Å². The fourth-order valence-corrected chi connectivity index (χ4v) is 1.23. The Balaban J connectivity index is 3.09. The van der Waals surface area contributed by atoms with Gasteiger partial charge < -0.3 is 4.74 Å². The quantitative estimate of drug-likeness (QED) is 0.777. The molecule has 16 heavy (non-hydrogen) atoms. The molecule has 0 spiro atoms. The summed E-state index contributed by atoms with van der Waals surface area (Å²) in [6.07, 6.45) is -3.44. The van der Waals surface area contributed by atoms with E-state index in [4.69, 9.17) is 11.6 Å². The van der Waals surface area contributed by atoms with Crippen molar-refractivity contribution in [3.8, 4) is 0 Å². The third kappa shape index (κ3) is 2.85. The van der Waals surface area contributed by atoms with Crippen LogP contribution in [-0.2, 0) is 16.0 Å². The summed E-state index contributed by atoms with van der Waals surface area (Å²) in [5, 5.41) is -0.471. The standard InChI is InChI=1S/C9H7ClF3NO2/c1-16-7(15)3-6-5(11)2-4(10)8(14-6)9(12)13/h2,9H,3H2,1H3. The number of nitrogens with zero attached hydrogens (tertiary/aromatic N) is 1. The van der Waals surface area contributed by atoms with Gasteiger partial charge in [-0.15, -0.1) is 0 Å². The first-order chi connectivity index (χ1) is 7.45. The molecule has 0 unspecified atom stereocenters. The molecule has 0 aliphatic carbocycles. The van der Waals surface area contributed by atoms with Crippen molar-refractivity contribution in [3.63, 3.8) is 0 Å². The fraction of sp³-hybridized carbons (Fsp3) is 0.333. The Morgan fingerprint density at radius 2 is 2.25 bits per heavy atom. The Bertz CT molecular complexity index is 412. The fourth-order valence-electron chi connectivity index (χ4n) is 1.01. The Morgan fingerprint density at radius 3 is 2.75 bits per heavy atom. The van der Waals surface area contributed by atoms with Crippen molar-refractivity contribution in [2.45, 2.75) is 12.8 Å². The number of methoxy groups -OCH3 is 1. The number of pyridine rings is 1. The molecular weight excluding hydrogens is 247 g/mol. The first kappa shape index (κ1) is 12.8. The van der Waals surface area contributed by atoms with Crippen molar-refractivity contribution >= 4 is 17.6 Å². The normalized spacial score (nSPS) is 10.6. The van der Waals surface area contributed by atoms with Crippen LogP contribution < -0.4 is 0 Å². The number of hydrogen-bond donors (Lipinski definition) is 0. The molecule has 0 atom stereocenters. The van der Waals surface area contributed by atoms with E-state index in [9.17, 15) is 18.0 Å². The van der Waals surface area contributed by atoms with Gasteiger partial charge in [0.2, 0.25) is 0 Å². The molecule has 3 nitrogen and oxygen atoms in total. The van der Waals surface area contributed by atoms with Gasteiger partial charge in [-0.3, -0.25) is 4.79 Å². The molecule has 0 N–H and O–H groups in total. The number of alkyl halides is 2. The van der Waals surface area contributed by atoms with Crippen molar-refractivity contribution in [1.82, 2.24) is 4.98 Å². The smallest absolute Gasteiger partial charge is 0.311 e. The number of halogens is 4. The first-order valence-electron chi connectivity index (χ1n) is 4.15. The van der Waals surface area contributed by atoms with E-state index in [0.717, 1.165) is 7.11 Å². The van der Waals surface area contributed by atoms with Crippen LogP contribution in [0.25, 0.3) is 0 Å². The summed E-state index contributed by atoms with van der Waals surface area (Å²) in [5.74, 6) is -1.69. The molecule has 0 saturated heterocycles. The van der Waals surface area contributed by atoms with Crippen LogP contribution in [0.5, 0.6) is 0 Å². The third-order valence-corrected chi connectivity index (χ3v) is 2.08. The molecule has 1 aromatic heterocycles. The van der Waals surface area contributed by atoms with Crippen molar-refractivity contribution in [2.75, 3.05) is 7.11 Å². The summed E-state index contributed by atoms with van der Waals surface area (Å²) in [6.45, 7) is 0. The second-order valence-corrected chi connectivity index (χ2v) is 3.24. The zero-order chi connectivity index (χ0) is 12.3. The second-order valence-electron chi connectivity index (χ2n) is 2.84. The molecule has 0 aliphatic heterocycles. The van der Waals surface area contributed by atoms with E-state index in [1.807, 2.05) is 0 Å². The van der Waals surface area contributed by atoms with E-state index < -0.39 is 41.0 Å². The molecule has 1 heterocycles. The van der Waals surface area contributed by atoms with Crippen molar-refractivity contribution in [3.05, 3.63) is 28.3 Å². The molecule has 0 aliphatic rings. The summed E-state index contributed by atoms with van der Waals surface area (Å²) < 4.78 is 42.2. The molecule has 1 rings (SSSR count). The van der Waals surface area contributed by atoms with E-state index in [2.05, 4.69) is 9.72 Å². The summed E-state index contributed by atoms with van der Waals surface area (Å²) in [4.78, 5) is 14.2. The van der Waals surface area contributed by atoms with Crippen LogP contribution in [0.1, 0.15) is 17.8 Å². The molecule has 0 bridgehead atoms. The van der Waals surface area contributed by atoms with Crippen LogP contribution in [0.3, 0.4) is 0 Å². The van der Waals surface area contributed by atoms with Gasteiger partial charge in [-0.2, -0.15) is 0 Å². The number of ether oxygens (including phenoxy) is 1. The van der Waals surface area contributed by atoms with Crippen molar-refractivity contribution in [1.29, 1.82) is 0 Å². The Kier molecular flexibility index (Phi) is 4.12. The number of hydrogen-bond acceptors (Lipinski definition) is 3. The second kappa shape index (κ2) is 5.16. The maximum Gasteiger partial charge on any atom is 0.311 e. The van der Waals surface area contributed by atoms with Gasteiger partial charge in [0, 0.05) is 0 Å². The summed E-state index contributed by atoms with van der Waals surface area (Å²) in [6, 6.07) is 0.703. The number of carbonyl (C=O) groups is 1. The molecule has 1 aromatic rings. The minimum absolute atomic E-state index is 0.411. The minimum Gasteiger partial charge on any atom is -0.469 e. The van der Waals surface area contributed by atoms with Crippen LogP contribution in [0.15, 0.2) is 6.07 Å². The summed E-state index contributed by atoms with van der Waals surface area (Å²) >= 11 is 5.37. The SMILES string of the molecule is COC(=O)Cc1nc(C(F)F)c(Cl)cc1F. The maximum absolute atomic E-state index is 13.2. The largest absolute Gasteiger partial charge is 0.469 e. The van der Waals surface area contributed by atoms with Crippen LogP contribution in [-0.4, -0.2) is 18.1 Å². The molecule has 88 valence electrons. The Morgan fingerprint density at radius 1 is 1.62 bits per heavy atom. The van der Waals surface area contributed by atoms with Gasteiger partial charge >= 0.3 is 5.97 Å². The summed E-state index contributed by atoms with van der Waals surface area (Å²) in [5.41, 5.74) is -1.16. The zero-order valence-corrected chi connectivity index (χ0v) is 8.89. The Labute approximate surface area is 94.2 Å². The van der Waals surface area contributed by atoms with Crippen LogP contribution in [0, 0.1) is 5.82 Å². The number of aromatic nitrogens is 1. The lowest BCUT2D eigenvalue weighted by molar-refractivity contribution is -0.139. The highest BCUT2D eigenvalue weighted by Crippen LogP contribution is 2.26. The van der Waals surface area contributed by atoms with Crippen LogP contribution in [0.4, 0.5) is 13.2 Å². The van der Waals surface area contributed by atoms with Gasteiger partial charge in [0.25, 0.3) is 6.43 Å².